The Morgan fingerprint density at radius 1 is 1.40 bits per heavy atom. The van der Waals surface area contributed by atoms with Crippen LogP contribution in [0.25, 0.3) is 10.1 Å². The molecule has 10 heteroatoms. The van der Waals surface area contributed by atoms with Crippen LogP contribution in [0.1, 0.15) is 31.4 Å². The molecule has 0 radical (unpaired) electrons. The van der Waals surface area contributed by atoms with Crippen molar-refractivity contribution in [3.8, 4) is 0 Å². The summed E-state index contributed by atoms with van der Waals surface area (Å²) in [6.07, 6.45) is -0.981. The molecule has 4 rings (SSSR count). The Morgan fingerprint density at radius 3 is 2.97 bits per heavy atom. The molecule has 0 fully saturated rings. The van der Waals surface area contributed by atoms with Gasteiger partial charge in [-0.05, 0) is 29.7 Å². The van der Waals surface area contributed by atoms with Crippen molar-refractivity contribution in [3.63, 3.8) is 0 Å². The second-order valence-electron chi connectivity index (χ2n) is 7.16. The Morgan fingerprint density at radius 2 is 2.20 bits per heavy atom. The van der Waals surface area contributed by atoms with Gasteiger partial charge in [0.2, 0.25) is 0 Å². The molecule has 1 aliphatic rings. The predicted octanol–water partition coefficient (Wildman–Crippen LogP) is 2.66. The van der Waals surface area contributed by atoms with Crippen molar-refractivity contribution >= 4 is 49.2 Å². The quantitative estimate of drug-likeness (QED) is 0.570. The minimum Gasteiger partial charge on any atom is -0.393 e. The highest BCUT2D eigenvalue weighted by Gasteiger charge is 2.30. The first-order chi connectivity index (χ1) is 14.4. The van der Waals surface area contributed by atoms with E-state index in [9.17, 15) is 14.0 Å². The van der Waals surface area contributed by atoms with Gasteiger partial charge in [-0.15, -0.1) is 11.3 Å². The highest BCUT2D eigenvalue weighted by Crippen LogP contribution is 2.30. The summed E-state index contributed by atoms with van der Waals surface area (Å²) >= 11 is 4.89. The van der Waals surface area contributed by atoms with Gasteiger partial charge < -0.3 is 15.3 Å². The van der Waals surface area contributed by atoms with Crippen molar-refractivity contribution < 1.29 is 19.1 Å². The SMILES string of the molecule is Cn1nc2c(c1C(=O)NCC(F)CO)CN(C(=O)c1cc3cc(Br)ccc3s1)CC2. The standard InChI is InChI=1S/C20H20BrFN4O3S/c1-25-18(19(28)23-8-13(22)10-27)14-9-26(5-4-15(14)24-25)20(29)17-7-11-6-12(21)2-3-16(11)30-17/h2-3,6-7,13,27H,4-5,8-10H2,1H3,(H,23,28). The number of aliphatic hydroxyl groups excluding tert-OH is 1. The summed E-state index contributed by atoms with van der Waals surface area (Å²) in [6.45, 7) is -0.159. The number of amides is 2. The van der Waals surface area contributed by atoms with E-state index in [0.717, 1.165) is 20.3 Å². The predicted molar refractivity (Wildman–Crippen MR) is 115 cm³/mol. The number of rotatable bonds is 5. The Labute approximate surface area is 184 Å². The molecule has 1 aromatic carbocycles. The highest BCUT2D eigenvalue weighted by atomic mass is 79.9. The molecule has 0 aliphatic carbocycles. The number of aryl methyl sites for hydroxylation is 1. The molecule has 3 aromatic rings. The van der Waals surface area contributed by atoms with Crippen LogP contribution in [0.2, 0.25) is 0 Å². The van der Waals surface area contributed by atoms with E-state index in [2.05, 4.69) is 26.3 Å². The number of nitrogens with zero attached hydrogens (tertiary/aromatic N) is 3. The first kappa shape index (κ1) is 21.0. The minimum absolute atomic E-state index is 0.0858. The lowest BCUT2D eigenvalue weighted by Crippen LogP contribution is -2.37. The van der Waals surface area contributed by atoms with Crippen LogP contribution in [0, 0.1) is 0 Å². The average molecular weight is 495 g/mol. The van der Waals surface area contributed by atoms with Crippen LogP contribution in [0.5, 0.6) is 0 Å². The third-order valence-electron chi connectivity index (χ3n) is 5.07. The second-order valence-corrected chi connectivity index (χ2v) is 9.16. The number of aliphatic hydroxyl groups is 1. The van der Waals surface area contributed by atoms with E-state index in [0.29, 0.717) is 29.1 Å². The zero-order chi connectivity index (χ0) is 21.4. The van der Waals surface area contributed by atoms with Crippen molar-refractivity contribution in [2.24, 2.45) is 7.05 Å². The topological polar surface area (TPSA) is 87.5 Å². The number of nitrogens with one attached hydrogen (secondary N) is 1. The molecule has 1 unspecified atom stereocenters. The lowest BCUT2D eigenvalue weighted by molar-refractivity contribution is 0.0735. The summed E-state index contributed by atoms with van der Waals surface area (Å²) in [5.41, 5.74) is 1.76. The van der Waals surface area contributed by atoms with Crippen molar-refractivity contribution in [1.29, 1.82) is 0 Å². The third kappa shape index (κ3) is 3.99. The number of thiophene rings is 1. The summed E-state index contributed by atoms with van der Waals surface area (Å²) in [6, 6.07) is 7.78. The van der Waals surface area contributed by atoms with E-state index in [1.54, 1.807) is 11.9 Å². The maximum atomic E-state index is 13.3. The number of halogens is 2. The fraction of sp³-hybridized carbons (Fsp3) is 0.350. The summed E-state index contributed by atoms with van der Waals surface area (Å²) in [7, 11) is 1.65. The van der Waals surface area contributed by atoms with Crippen LogP contribution < -0.4 is 5.32 Å². The summed E-state index contributed by atoms with van der Waals surface area (Å²) in [5.74, 6) is -0.555. The lowest BCUT2D eigenvalue weighted by Gasteiger charge is -2.26. The number of aromatic nitrogens is 2. The van der Waals surface area contributed by atoms with Gasteiger partial charge in [-0.2, -0.15) is 5.10 Å². The van der Waals surface area contributed by atoms with Crippen molar-refractivity contribution in [2.75, 3.05) is 19.7 Å². The maximum absolute atomic E-state index is 13.3. The van der Waals surface area contributed by atoms with Gasteiger partial charge in [0.1, 0.15) is 11.9 Å². The lowest BCUT2D eigenvalue weighted by atomic mass is 10.0. The fourth-order valence-electron chi connectivity index (χ4n) is 3.59. The van der Waals surface area contributed by atoms with Crippen molar-refractivity contribution in [1.82, 2.24) is 20.0 Å². The molecular weight excluding hydrogens is 475 g/mol. The first-order valence-electron chi connectivity index (χ1n) is 9.43. The molecule has 0 spiro atoms. The monoisotopic (exact) mass is 494 g/mol. The number of carbonyl (C=O) groups excluding carboxylic acids is 2. The molecule has 3 heterocycles. The minimum atomic E-state index is -1.52. The number of fused-ring (bicyclic) bond motifs is 2. The van der Waals surface area contributed by atoms with Gasteiger partial charge in [-0.1, -0.05) is 15.9 Å². The van der Waals surface area contributed by atoms with E-state index < -0.39 is 18.7 Å². The summed E-state index contributed by atoms with van der Waals surface area (Å²) in [4.78, 5) is 28.1. The van der Waals surface area contributed by atoms with Crippen molar-refractivity contribution in [2.45, 2.75) is 19.1 Å². The van der Waals surface area contributed by atoms with Gasteiger partial charge in [0.05, 0.1) is 30.3 Å². The number of hydrogen-bond acceptors (Lipinski definition) is 5. The average Bonchev–Trinajstić information content (AvgIpc) is 3.30. The Bertz CT molecular complexity index is 1130. The highest BCUT2D eigenvalue weighted by molar-refractivity contribution is 9.10. The van der Waals surface area contributed by atoms with Gasteiger partial charge in [0.25, 0.3) is 11.8 Å². The van der Waals surface area contributed by atoms with Gasteiger partial charge >= 0.3 is 0 Å². The van der Waals surface area contributed by atoms with Crippen LogP contribution in [0.3, 0.4) is 0 Å². The number of hydrogen-bond donors (Lipinski definition) is 2. The molecule has 1 aliphatic heterocycles. The van der Waals surface area contributed by atoms with E-state index in [4.69, 9.17) is 5.11 Å². The Balaban J connectivity index is 1.56. The summed E-state index contributed by atoms with van der Waals surface area (Å²) < 4.78 is 16.8. The number of benzene rings is 1. The molecule has 2 N–H and O–H groups in total. The van der Waals surface area contributed by atoms with E-state index in [1.807, 2.05) is 24.3 Å². The molecule has 0 saturated carbocycles. The number of carbonyl (C=O) groups is 2. The normalized spacial score (nSPS) is 14.6. The van der Waals surface area contributed by atoms with Crippen LogP contribution in [0.15, 0.2) is 28.7 Å². The molecule has 0 bridgehead atoms. The molecule has 2 amide bonds. The zero-order valence-electron chi connectivity index (χ0n) is 16.2. The first-order valence-corrected chi connectivity index (χ1v) is 11.0. The van der Waals surface area contributed by atoms with Crippen LogP contribution in [-0.4, -0.2) is 57.5 Å². The largest absolute Gasteiger partial charge is 0.393 e. The van der Waals surface area contributed by atoms with E-state index in [1.165, 1.54) is 16.0 Å². The van der Waals surface area contributed by atoms with E-state index in [-0.39, 0.29) is 19.0 Å². The van der Waals surface area contributed by atoms with Crippen LogP contribution in [0.4, 0.5) is 4.39 Å². The fourth-order valence-corrected chi connectivity index (χ4v) is 4.98. The molecular formula is C20H20BrFN4O3S. The molecule has 7 nitrogen and oxygen atoms in total. The molecule has 2 aromatic heterocycles. The third-order valence-corrected chi connectivity index (χ3v) is 6.67. The van der Waals surface area contributed by atoms with Crippen molar-refractivity contribution in [3.05, 3.63) is 50.6 Å². The van der Waals surface area contributed by atoms with Gasteiger partial charge in [0.15, 0.2) is 0 Å². The van der Waals surface area contributed by atoms with Gasteiger partial charge in [0, 0.05) is 34.7 Å². The molecule has 158 valence electrons. The number of alkyl halides is 1. The molecule has 0 saturated heterocycles. The maximum Gasteiger partial charge on any atom is 0.270 e. The second kappa shape index (κ2) is 8.44. The Kier molecular flexibility index (Phi) is 5.90. The smallest absolute Gasteiger partial charge is 0.270 e. The molecule has 1 atom stereocenters. The zero-order valence-corrected chi connectivity index (χ0v) is 18.6. The Hall–Kier alpha value is -2.30. The van der Waals surface area contributed by atoms with Gasteiger partial charge in [-0.3, -0.25) is 14.3 Å². The van der Waals surface area contributed by atoms with Gasteiger partial charge in [-0.25, -0.2) is 4.39 Å². The van der Waals surface area contributed by atoms with Crippen LogP contribution in [-0.2, 0) is 20.0 Å². The molecule has 30 heavy (non-hydrogen) atoms. The van der Waals surface area contributed by atoms with E-state index >= 15 is 0 Å². The summed E-state index contributed by atoms with van der Waals surface area (Å²) in [5, 5.41) is 16.7. The van der Waals surface area contributed by atoms with Crippen LogP contribution >= 0.6 is 27.3 Å².